The van der Waals surface area contributed by atoms with Gasteiger partial charge in [0.15, 0.2) is 11.6 Å². The quantitative estimate of drug-likeness (QED) is 0.766. The number of likely N-dealkylation sites (tertiary alicyclic amines) is 2. The number of amides is 1. The Labute approximate surface area is 160 Å². The Balaban J connectivity index is 1.34. The third-order valence-electron chi connectivity index (χ3n) is 6.41. The van der Waals surface area contributed by atoms with Gasteiger partial charge in [-0.1, -0.05) is 0 Å². The highest BCUT2D eigenvalue weighted by molar-refractivity contribution is 5.95. The summed E-state index contributed by atoms with van der Waals surface area (Å²) in [5, 5.41) is 0. The number of halogens is 1. The average Bonchev–Trinajstić information content (AvgIpc) is 3.45. The van der Waals surface area contributed by atoms with E-state index in [9.17, 15) is 9.18 Å². The molecule has 0 aromatic heterocycles. The monoisotopic (exact) mass is 376 g/mol. The number of benzene rings is 1. The van der Waals surface area contributed by atoms with Gasteiger partial charge in [0.1, 0.15) is 0 Å². The fraction of sp³-hybridized carbons (Fsp3) is 0.667. The molecular weight excluding hydrogens is 347 g/mol. The summed E-state index contributed by atoms with van der Waals surface area (Å²) in [5.41, 5.74) is 0.429. The summed E-state index contributed by atoms with van der Waals surface area (Å²) in [6.45, 7) is 4.19. The van der Waals surface area contributed by atoms with Gasteiger partial charge in [-0.25, -0.2) is 4.39 Å². The number of ether oxygens (including phenoxy) is 2. The van der Waals surface area contributed by atoms with Crippen LogP contribution in [-0.2, 0) is 4.74 Å². The van der Waals surface area contributed by atoms with Crippen molar-refractivity contribution in [3.05, 3.63) is 29.6 Å². The Hall–Kier alpha value is -1.66. The second-order valence-electron chi connectivity index (χ2n) is 8.50. The van der Waals surface area contributed by atoms with E-state index in [-0.39, 0.29) is 17.2 Å². The highest BCUT2D eigenvalue weighted by Crippen LogP contribution is 2.39. The van der Waals surface area contributed by atoms with Crippen molar-refractivity contribution in [2.45, 2.75) is 31.2 Å². The van der Waals surface area contributed by atoms with Crippen molar-refractivity contribution in [3.63, 3.8) is 0 Å². The number of hydrogen-bond donors (Lipinski definition) is 0. The molecule has 6 heteroatoms. The Bertz CT molecular complexity index is 701. The SMILES string of the molecule is COc1ccc(C(=O)N2CC3(CC(COCC4CC4)CCN3C)C2)cc1F. The van der Waals surface area contributed by atoms with Crippen LogP contribution in [0.4, 0.5) is 4.39 Å². The Morgan fingerprint density at radius 2 is 1.96 bits per heavy atom. The maximum Gasteiger partial charge on any atom is 0.254 e. The van der Waals surface area contributed by atoms with Crippen LogP contribution in [0.15, 0.2) is 18.2 Å². The highest BCUT2D eigenvalue weighted by Gasteiger charge is 2.51. The van der Waals surface area contributed by atoms with Crippen LogP contribution < -0.4 is 4.74 Å². The summed E-state index contributed by atoms with van der Waals surface area (Å²) in [6.07, 6.45) is 4.86. The Morgan fingerprint density at radius 1 is 1.22 bits per heavy atom. The fourth-order valence-electron chi connectivity index (χ4n) is 4.40. The molecule has 4 rings (SSSR count). The number of piperidine rings is 1. The zero-order chi connectivity index (χ0) is 19.0. The van der Waals surface area contributed by atoms with Gasteiger partial charge in [-0.2, -0.15) is 0 Å². The van der Waals surface area contributed by atoms with Gasteiger partial charge in [-0.15, -0.1) is 0 Å². The third-order valence-corrected chi connectivity index (χ3v) is 6.41. The summed E-state index contributed by atoms with van der Waals surface area (Å²) in [7, 11) is 3.57. The molecule has 3 fully saturated rings. The lowest BCUT2D eigenvalue weighted by atomic mass is 9.75. The lowest BCUT2D eigenvalue weighted by molar-refractivity contribution is -0.0761. The maximum atomic E-state index is 13.9. The van der Waals surface area contributed by atoms with Crippen LogP contribution >= 0.6 is 0 Å². The van der Waals surface area contributed by atoms with Crippen molar-refractivity contribution in [3.8, 4) is 5.75 Å². The Kier molecular flexibility index (Phi) is 5.12. The number of carbonyl (C=O) groups excluding carboxylic acids is 1. The number of nitrogens with zero attached hydrogens (tertiary/aromatic N) is 2. The molecular formula is C21H29FN2O3. The normalized spacial score (nSPS) is 24.7. The number of carbonyl (C=O) groups is 1. The van der Waals surface area contributed by atoms with Crippen molar-refractivity contribution in [2.24, 2.45) is 11.8 Å². The van der Waals surface area contributed by atoms with Crippen LogP contribution in [0.1, 0.15) is 36.0 Å². The van der Waals surface area contributed by atoms with Crippen molar-refractivity contribution in [1.82, 2.24) is 9.80 Å². The van der Waals surface area contributed by atoms with E-state index in [0.29, 0.717) is 24.6 Å². The Morgan fingerprint density at radius 3 is 2.63 bits per heavy atom. The van der Waals surface area contributed by atoms with Crippen molar-refractivity contribution >= 4 is 5.91 Å². The summed E-state index contributed by atoms with van der Waals surface area (Å²) in [6, 6.07) is 4.41. The average molecular weight is 376 g/mol. The van der Waals surface area contributed by atoms with E-state index in [1.165, 1.54) is 32.1 Å². The molecule has 1 unspecified atom stereocenters. The molecule has 1 spiro atoms. The van der Waals surface area contributed by atoms with E-state index < -0.39 is 5.82 Å². The molecule has 1 atom stereocenters. The number of methoxy groups -OCH3 is 1. The molecule has 1 aromatic rings. The van der Waals surface area contributed by atoms with E-state index in [0.717, 1.165) is 38.5 Å². The van der Waals surface area contributed by atoms with Crippen LogP contribution in [0.2, 0.25) is 0 Å². The maximum absolute atomic E-state index is 13.9. The standard InChI is InChI=1S/C21H29FN2O3/c1-23-8-7-16(12-27-11-15-3-4-15)10-21(23)13-24(14-21)20(25)17-5-6-19(26-2)18(22)9-17/h5-6,9,15-16H,3-4,7-8,10-14H2,1-2H3. The van der Waals surface area contributed by atoms with Gasteiger partial charge in [0.2, 0.25) is 0 Å². The fourth-order valence-corrected chi connectivity index (χ4v) is 4.40. The molecule has 0 radical (unpaired) electrons. The lowest BCUT2D eigenvalue weighted by Gasteiger charge is -2.58. The predicted molar refractivity (Wildman–Crippen MR) is 100 cm³/mol. The third kappa shape index (κ3) is 3.83. The minimum atomic E-state index is -0.499. The molecule has 1 saturated carbocycles. The largest absolute Gasteiger partial charge is 0.494 e. The first-order valence-corrected chi connectivity index (χ1v) is 9.92. The van der Waals surface area contributed by atoms with Gasteiger partial charge in [-0.3, -0.25) is 9.69 Å². The minimum Gasteiger partial charge on any atom is -0.494 e. The smallest absolute Gasteiger partial charge is 0.254 e. The topological polar surface area (TPSA) is 42.0 Å². The van der Waals surface area contributed by atoms with Crippen LogP contribution in [0.25, 0.3) is 0 Å². The zero-order valence-corrected chi connectivity index (χ0v) is 16.2. The molecule has 1 amide bonds. The molecule has 2 aliphatic heterocycles. The first-order chi connectivity index (χ1) is 13.0. The first kappa shape index (κ1) is 18.7. The molecule has 1 aliphatic carbocycles. The van der Waals surface area contributed by atoms with Gasteiger partial charge < -0.3 is 14.4 Å². The predicted octanol–water partition coefficient (Wildman–Crippen LogP) is 2.80. The molecule has 27 heavy (non-hydrogen) atoms. The second kappa shape index (κ2) is 7.40. The van der Waals surface area contributed by atoms with E-state index in [2.05, 4.69) is 11.9 Å². The molecule has 0 N–H and O–H groups in total. The van der Waals surface area contributed by atoms with E-state index in [4.69, 9.17) is 9.47 Å². The summed E-state index contributed by atoms with van der Waals surface area (Å²) < 4.78 is 24.8. The van der Waals surface area contributed by atoms with E-state index in [1.807, 2.05) is 4.90 Å². The van der Waals surface area contributed by atoms with Crippen LogP contribution in [0, 0.1) is 17.7 Å². The van der Waals surface area contributed by atoms with Gasteiger partial charge in [-0.05, 0) is 69.3 Å². The van der Waals surface area contributed by atoms with E-state index in [1.54, 1.807) is 6.07 Å². The summed E-state index contributed by atoms with van der Waals surface area (Å²) in [4.78, 5) is 16.9. The molecule has 148 valence electrons. The van der Waals surface area contributed by atoms with Gasteiger partial charge in [0.05, 0.1) is 12.6 Å². The summed E-state index contributed by atoms with van der Waals surface area (Å²) in [5.74, 6) is 0.916. The second-order valence-corrected chi connectivity index (χ2v) is 8.50. The molecule has 3 aliphatic rings. The summed E-state index contributed by atoms with van der Waals surface area (Å²) >= 11 is 0. The van der Waals surface area contributed by atoms with Crippen LogP contribution in [-0.4, -0.2) is 68.3 Å². The highest BCUT2D eigenvalue weighted by atomic mass is 19.1. The minimum absolute atomic E-state index is 0.0481. The zero-order valence-electron chi connectivity index (χ0n) is 16.2. The number of hydrogen-bond acceptors (Lipinski definition) is 4. The number of likely N-dealkylation sites (N-methyl/N-ethyl adjacent to an activating group) is 1. The molecule has 5 nitrogen and oxygen atoms in total. The first-order valence-electron chi connectivity index (χ1n) is 9.92. The lowest BCUT2D eigenvalue weighted by Crippen LogP contribution is -2.72. The molecule has 0 bridgehead atoms. The van der Waals surface area contributed by atoms with Crippen molar-refractivity contribution in [1.29, 1.82) is 0 Å². The van der Waals surface area contributed by atoms with Crippen LogP contribution in [0.3, 0.4) is 0 Å². The van der Waals surface area contributed by atoms with Crippen molar-refractivity contribution in [2.75, 3.05) is 47.0 Å². The molecule has 2 heterocycles. The van der Waals surface area contributed by atoms with E-state index >= 15 is 0 Å². The molecule has 2 saturated heterocycles. The molecule has 1 aromatic carbocycles. The van der Waals surface area contributed by atoms with Gasteiger partial charge in [0, 0.05) is 31.9 Å². The van der Waals surface area contributed by atoms with Gasteiger partial charge >= 0.3 is 0 Å². The van der Waals surface area contributed by atoms with Crippen molar-refractivity contribution < 1.29 is 18.7 Å². The number of rotatable bonds is 6. The van der Waals surface area contributed by atoms with Gasteiger partial charge in [0.25, 0.3) is 5.91 Å². The van der Waals surface area contributed by atoms with Crippen LogP contribution in [0.5, 0.6) is 5.75 Å².